The number of imidazole rings is 1. The average Bonchev–Trinajstić information content (AvgIpc) is 2.91. The molecule has 6 nitrogen and oxygen atoms in total. The number of fused-ring (bicyclic) bond motifs is 1. The number of benzene rings is 1. The molecule has 0 bridgehead atoms. The molecule has 3 rings (SSSR count). The molecule has 1 aromatic carbocycles. The number of piperidine rings is 1. The first-order valence-corrected chi connectivity index (χ1v) is 8.46. The molecule has 128 valence electrons. The number of hydrogen-bond donors (Lipinski definition) is 0. The molecule has 1 fully saturated rings. The molecule has 1 atom stereocenters. The third kappa shape index (κ3) is 3.27. The molecule has 2 heterocycles. The lowest BCUT2D eigenvalue weighted by Crippen LogP contribution is -2.44. The van der Waals surface area contributed by atoms with E-state index in [2.05, 4.69) is 4.98 Å². The predicted molar refractivity (Wildman–Crippen MR) is 90.4 cm³/mol. The fourth-order valence-electron chi connectivity index (χ4n) is 3.29. The Bertz CT molecular complexity index is 753. The van der Waals surface area contributed by atoms with Crippen LogP contribution in [0.5, 0.6) is 0 Å². The maximum atomic E-state index is 12.7. The number of esters is 1. The molecular weight excluding hydrogens is 306 g/mol. The van der Waals surface area contributed by atoms with Crippen LogP contribution >= 0.6 is 0 Å². The van der Waals surface area contributed by atoms with Gasteiger partial charge in [-0.3, -0.25) is 9.59 Å². The predicted octanol–water partition coefficient (Wildman–Crippen LogP) is 2.15. The molecule has 0 aliphatic carbocycles. The lowest BCUT2D eigenvalue weighted by Gasteiger charge is -2.31. The highest BCUT2D eigenvalue weighted by atomic mass is 16.5. The minimum absolute atomic E-state index is 0.0234. The van der Waals surface area contributed by atoms with E-state index >= 15 is 0 Å². The zero-order chi connectivity index (χ0) is 17.1. The standard InChI is InChI=1S/C18H23N3O3/c1-3-24-18(23)14-7-6-10-20(11-14)17(22)12-21-13(2)19-15-8-4-5-9-16(15)21/h4-5,8-9,14H,3,6-7,10-12H2,1-2H3. The molecule has 1 aromatic heterocycles. The van der Waals surface area contributed by atoms with Crippen molar-refractivity contribution in [1.29, 1.82) is 0 Å². The highest BCUT2D eigenvalue weighted by molar-refractivity contribution is 5.82. The van der Waals surface area contributed by atoms with Gasteiger partial charge in [-0.1, -0.05) is 12.1 Å². The van der Waals surface area contributed by atoms with Gasteiger partial charge in [0.05, 0.1) is 23.6 Å². The zero-order valence-corrected chi connectivity index (χ0v) is 14.2. The van der Waals surface area contributed by atoms with Crippen LogP contribution in [0.3, 0.4) is 0 Å². The Balaban J connectivity index is 1.72. The Labute approximate surface area is 141 Å². The number of carbonyl (C=O) groups excluding carboxylic acids is 2. The van der Waals surface area contributed by atoms with Crippen LogP contribution in [0.15, 0.2) is 24.3 Å². The topological polar surface area (TPSA) is 64.4 Å². The van der Waals surface area contributed by atoms with Crippen LogP contribution in [0.25, 0.3) is 11.0 Å². The summed E-state index contributed by atoms with van der Waals surface area (Å²) in [6.45, 7) is 5.48. The van der Waals surface area contributed by atoms with Gasteiger partial charge in [0.25, 0.3) is 0 Å². The van der Waals surface area contributed by atoms with Crippen molar-refractivity contribution >= 4 is 22.9 Å². The third-order valence-electron chi connectivity index (χ3n) is 4.53. The molecule has 1 aliphatic rings. The number of carbonyl (C=O) groups is 2. The van der Waals surface area contributed by atoms with Crippen LogP contribution in [-0.2, 0) is 20.9 Å². The molecule has 0 saturated carbocycles. The van der Waals surface area contributed by atoms with Crippen LogP contribution in [0, 0.1) is 12.8 Å². The number of amides is 1. The Morgan fingerprint density at radius 1 is 1.33 bits per heavy atom. The van der Waals surface area contributed by atoms with Crippen molar-refractivity contribution in [1.82, 2.24) is 14.5 Å². The lowest BCUT2D eigenvalue weighted by atomic mass is 9.98. The summed E-state index contributed by atoms with van der Waals surface area (Å²) in [6, 6.07) is 7.80. The van der Waals surface area contributed by atoms with E-state index in [0.29, 0.717) is 19.7 Å². The van der Waals surface area contributed by atoms with Gasteiger partial charge < -0.3 is 14.2 Å². The van der Waals surface area contributed by atoms with Gasteiger partial charge in [-0.2, -0.15) is 0 Å². The highest BCUT2D eigenvalue weighted by Gasteiger charge is 2.29. The third-order valence-corrected chi connectivity index (χ3v) is 4.53. The van der Waals surface area contributed by atoms with E-state index in [1.807, 2.05) is 35.8 Å². The Morgan fingerprint density at radius 2 is 2.12 bits per heavy atom. The van der Waals surface area contributed by atoms with Crippen molar-refractivity contribution in [2.24, 2.45) is 5.92 Å². The van der Waals surface area contributed by atoms with Crippen LogP contribution < -0.4 is 0 Å². The highest BCUT2D eigenvalue weighted by Crippen LogP contribution is 2.20. The van der Waals surface area contributed by atoms with Gasteiger partial charge in [-0.05, 0) is 38.8 Å². The zero-order valence-electron chi connectivity index (χ0n) is 14.2. The monoisotopic (exact) mass is 329 g/mol. The average molecular weight is 329 g/mol. The number of aryl methyl sites for hydroxylation is 1. The Kier molecular flexibility index (Phi) is 4.83. The van der Waals surface area contributed by atoms with Gasteiger partial charge in [0.2, 0.25) is 5.91 Å². The van der Waals surface area contributed by atoms with E-state index in [-0.39, 0.29) is 24.3 Å². The number of aromatic nitrogens is 2. The molecule has 24 heavy (non-hydrogen) atoms. The number of rotatable bonds is 4. The Hall–Kier alpha value is -2.37. The number of hydrogen-bond acceptors (Lipinski definition) is 4. The summed E-state index contributed by atoms with van der Waals surface area (Å²) < 4.78 is 7.04. The van der Waals surface area contributed by atoms with Crippen molar-refractivity contribution in [3.05, 3.63) is 30.1 Å². The van der Waals surface area contributed by atoms with Crippen LogP contribution in [0.4, 0.5) is 0 Å². The molecule has 0 spiro atoms. The van der Waals surface area contributed by atoms with E-state index in [1.165, 1.54) is 0 Å². The van der Waals surface area contributed by atoms with Gasteiger partial charge in [-0.15, -0.1) is 0 Å². The van der Waals surface area contributed by atoms with Crippen LogP contribution in [-0.4, -0.2) is 46.0 Å². The van der Waals surface area contributed by atoms with Gasteiger partial charge in [0, 0.05) is 13.1 Å². The molecule has 6 heteroatoms. The van der Waals surface area contributed by atoms with Gasteiger partial charge >= 0.3 is 5.97 Å². The van der Waals surface area contributed by atoms with E-state index in [0.717, 1.165) is 29.7 Å². The van der Waals surface area contributed by atoms with Gasteiger partial charge in [-0.25, -0.2) is 4.98 Å². The fraction of sp³-hybridized carbons (Fsp3) is 0.500. The second-order valence-electron chi connectivity index (χ2n) is 6.16. The second kappa shape index (κ2) is 7.03. The van der Waals surface area contributed by atoms with Gasteiger partial charge in [0.15, 0.2) is 0 Å². The quantitative estimate of drug-likeness (QED) is 0.806. The summed E-state index contributed by atoms with van der Waals surface area (Å²) in [7, 11) is 0. The first-order valence-electron chi connectivity index (χ1n) is 8.46. The molecule has 1 unspecified atom stereocenters. The molecule has 0 radical (unpaired) electrons. The van der Waals surface area contributed by atoms with E-state index in [4.69, 9.17) is 4.74 Å². The largest absolute Gasteiger partial charge is 0.466 e. The normalized spacial score (nSPS) is 17.9. The molecule has 1 aliphatic heterocycles. The lowest BCUT2D eigenvalue weighted by molar-refractivity contribution is -0.151. The van der Waals surface area contributed by atoms with Crippen molar-refractivity contribution in [3.63, 3.8) is 0 Å². The van der Waals surface area contributed by atoms with E-state index in [9.17, 15) is 9.59 Å². The molecule has 2 aromatic rings. The molecule has 1 saturated heterocycles. The Morgan fingerprint density at radius 3 is 2.92 bits per heavy atom. The summed E-state index contributed by atoms with van der Waals surface area (Å²) >= 11 is 0. The first kappa shape index (κ1) is 16.5. The van der Waals surface area contributed by atoms with Crippen molar-refractivity contribution in [2.45, 2.75) is 33.2 Å². The molecule has 1 amide bonds. The SMILES string of the molecule is CCOC(=O)C1CCCN(C(=O)Cn2c(C)nc3ccccc32)C1. The molecular formula is C18H23N3O3. The summed E-state index contributed by atoms with van der Waals surface area (Å²) in [6.07, 6.45) is 1.62. The minimum Gasteiger partial charge on any atom is -0.466 e. The number of nitrogens with zero attached hydrogens (tertiary/aromatic N) is 3. The summed E-state index contributed by atoms with van der Waals surface area (Å²) in [5, 5.41) is 0. The summed E-state index contributed by atoms with van der Waals surface area (Å²) in [5.41, 5.74) is 1.85. The maximum Gasteiger partial charge on any atom is 0.310 e. The minimum atomic E-state index is -0.205. The van der Waals surface area contributed by atoms with E-state index in [1.54, 1.807) is 11.8 Å². The second-order valence-corrected chi connectivity index (χ2v) is 6.16. The smallest absolute Gasteiger partial charge is 0.310 e. The number of para-hydroxylation sites is 2. The van der Waals surface area contributed by atoms with Crippen LogP contribution in [0.2, 0.25) is 0 Å². The maximum absolute atomic E-state index is 12.7. The summed E-state index contributed by atoms with van der Waals surface area (Å²) in [5.74, 6) is 0.446. The van der Waals surface area contributed by atoms with Crippen molar-refractivity contribution in [3.8, 4) is 0 Å². The van der Waals surface area contributed by atoms with Crippen molar-refractivity contribution < 1.29 is 14.3 Å². The number of likely N-dealkylation sites (tertiary alicyclic amines) is 1. The van der Waals surface area contributed by atoms with E-state index < -0.39 is 0 Å². The number of ether oxygens (including phenoxy) is 1. The summed E-state index contributed by atoms with van der Waals surface area (Å²) in [4.78, 5) is 30.9. The van der Waals surface area contributed by atoms with Crippen LogP contribution in [0.1, 0.15) is 25.6 Å². The first-order chi connectivity index (χ1) is 11.6. The van der Waals surface area contributed by atoms with Crippen molar-refractivity contribution in [2.75, 3.05) is 19.7 Å². The van der Waals surface area contributed by atoms with Gasteiger partial charge in [0.1, 0.15) is 12.4 Å². The molecule has 0 N–H and O–H groups in total. The fourth-order valence-corrected chi connectivity index (χ4v) is 3.29.